The Hall–Kier alpha value is -0.640. The van der Waals surface area contributed by atoms with E-state index in [9.17, 15) is 4.79 Å². The van der Waals surface area contributed by atoms with Crippen molar-refractivity contribution >= 4 is 23.1 Å². The minimum atomic E-state index is -0.697. The van der Waals surface area contributed by atoms with Gasteiger partial charge in [0.1, 0.15) is 0 Å². The molecule has 0 heterocycles. The van der Waals surface area contributed by atoms with Crippen LogP contribution in [0.15, 0.2) is 0 Å². The van der Waals surface area contributed by atoms with Crippen LogP contribution in [0, 0.1) is 5.41 Å². The van der Waals surface area contributed by atoms with Crippen molar-refractivity contribution in [2.24, 2.45) is 11.1 Å². The molecule has 0 radical (unpaired) electrons. The van der Waals surface area contributed by atoms with E-state index in [1.54, 1.807) is 0 Å². The van der Waals surface area contributed by atoms with Crippen LogP contribution >= 0.6 is 12.2 Å². The highest BCUT2D eigenvalue weighted by atomic mass is 32.1. The largest absolute Gasteiger partial charge is 0.392 e. The third kappa shape index (κ3) is 3.94. The first kappa shape index (κ1) is 15.4. The normalized spacial score (nSPS) is 21.4. The van der Waals surface area contributed by atoms with Crippen molar-refractivity contribution in [3.63, 3.8) is 0 Å². The summed E-state index contributed by atoms with van der Waals surface area (Å²) in [5.41, 5.74) is 5.02. The number of hydrogen-bond donors (Lipinski definition) is 2. The summed E-state index contributed by atoms with van der Waals surface area (Å²) in [5.74, 6) is 0.00285. The van der Waals surface area contributed by atoms with Crippen LogP contribution in [0.25, 0.3) is 0 Å². The highest BCUT2D eigenvalue weighted by molar-refractivity contribution is 7.80. The van der Waals surface area contributed by atoms with E-state index in [-0.39, 0.29) is 5.91 Å². The first-order valence-corrected chi connectivity index (χ1v) is 7.52. The van der Waals surface area contributed by atoms with E-state index in [2.05, 4.69) is 5.32 Å². The number of nitrogens with one attached hydrogen (secondary N) is 1. The third-order valence-corrected chi connectivity index (χ3v) is 4.64. The van der Waals surface area contributed by atoms with Crippen LogP contribution in [0.3, 0.4) is 0 Å². The van der Waals surface area contributed by atoms with Gasteiger partial charge in [0.25, 0.3) is 0 Å². The lowest BCUT2D eigenvalue weighted by molar-refractivity contribution is -0.127. The van der Waals surface area contributed by atoms with Crippen LogP contribution in [-0.4, -0.2) is 16.9 Å². The van der Waals surface area contributed by atoms with Crippen molar-refractivity contribution in [1.82, 2.24) is 5.32 Å². The molecule has 1 atom stereocenters. The van der Waals surface area contributed by atoms with Crippen LogP contribution in [0.2, 0.25) is 0 Å². The van der Waals surface area contributed by atoms with Crippen molar-refractivity contribution in [2.45, 2.75) is 71.3 Å². The summed E-state index contributed by atoms with van der Waals surface area (Å²) >= 11 is 5.04. The number of carbonyl (C=O) groups excluding carboxylic acids is 1. The van der Waals surface area contributed by atoms with Crippen LogP contribution in [0.4, 0.5) is 0 Å². The molecule has 1 aliphatic carbocycles. The van der Waals surface area contributed by atoms with E-state index in [4.69, 9.17) is 18.0 Å². The maximum absolute atomic E-state index is 12.3. The molecule has 3 N–H and O–H groups in total. The summed E-state index contributed by atoms with van der Waals surface area (Å²) in [6.07, 6.45) is 9.15. The molecule has 1 fully saturated rings. The zero-order valence-corrected chi connectivity index (χ0v) is 12.4. The SMILES string of the molecule is CCC(C)(C(=O)NC1CCCCCCC1)C(N)=S. The zero-order chi connectivity index (χ0) is 13.6. The summed E-state index contributed by atoms with van der Waals surface area (Å²) in [7, 11) is 0. The van der Waals surface area contributed by atoms with Gasteiger partial charge in [0.15, 0.2) is 0 Å². The van der Waals surface area contributed by atoms with Gasteiger partial charge in [-0.1, -0.05) is 51.2 Å². The van der Waals surface area contributed by atoms with Crippen molar-refractivity contribution < 1.29 is 4.79 Å². The Morgan fingerprint density at radius 3 is 2.22 bits per heavy atom. The Morgan fingerprint density at radius 1 is 1.28 bits per heavy atom. The predicted octanol–water partition coefficient (Wildman–Crippen LogP) is 2.92. The summed E-state index contributed by atoms with van der Waals surface area (Å²) in [4.78, 5) is 12.6. The quantitative estimate of drug-likeness (QED) is 0.772. The highest BCUT2D eigenvalue weighted by Crippen LogP contribution is 2.24. The molecule has 18 heavy (non-hydrogen) atoms. The molecule has 0 bridgehead atoms. The molecule has 0 aromatic rings. The number of rotatable bonds is 4. The first-order valence-electron chi connectivity index (χ1n) is 7.11. The number of hydrogen-bond acceptors (Lipinski definition) is 2. The second-order valence-electron chi connectivity index (χ2n) is 5.57. The molecule has 0 aromatic heterocycles. The fraction of sp³-hybridized carbons (Fsp3) is 0.857. The summed E-state index contributed by atoms with van der Waals surface area (Å²) in [5, 5.41) is 3.15. The number of nitrogens with two attached hydrogens (primary N) is 1. The Morgan fingerprint density at radius 2 is 1.78 bits per heavy atom. The lowest BCUT2D eigenvalue weighted by Gasteiger charge is -2.29. The van der Waals surface area contributed by atoms with Crippen LogP contribution in [-0.2, 0) is 4.79 Å². The average Bonchev–Trinajstić information content (AvgIpc) is 2.30. The Kier molecular flexibility index (Phi) is 6.06. The molecule has 1 rings (SSSR count). The standard InChI is InChI=1S/C14H26N2OS/c1-3-14(2,12(15)18)13(17)16-11-9-7-5-4-6-8-10-11/h11H,3-10H2,1-2H3,(H2,15,18)(H,16,17). The van der Waals surface area contributed by atoms with Gasteiger partial charge in [-0.15, -0.1) is 0 Å². The van der Waals surface area contributed by atoms with Crippen molar-refractivity contribution in [3.8, 4) is 0 Å². The summed E-state index contributed by atoms with van der Waals surface area (Å²) in [6, 6.07) is 0.304. The van der Waals surface area contributed by atoms with Gasteiger partial charge in [-0.25, -0.2) is 0 Å². The van der Waals surface area contributed by atoms with Gasteiger partial charge in [0, 0.05) is 6.04 Å². The lowest BCUT2D eigenvalue weighted by Crippen LogP contribution is -2.49. The molecule has 1 aliphatic rings. The van der Waals surface area contributed by atoms with Gasteiger partial charge in [-0.2, -0.15) is 0 Å². The minimum Gasteiger partial charge on any atom is -0.392 e. The van der Waals surface area contributed by atoms with Crippen molar-refractivity contribution in [2.75, 3.05) is 0 Å². The minimum absolute atomic E-state index is 0.00285. The second kappa shape index (κ2) is 7.07. The molecule has 1 amide bonds. The lowest BCUT2D eigenvalue weighted by atomic mass is 9.85. The van der Waals surface area contributed by atoms with E-state index in [1.807, 2.05) is 13.8 Å². The molecule has 3 nitrogen and oxygen atoms in total. The fourth-order valence-corrected chi connectivity index (χ4v) is 2.63. The van der Waals surface area contributed by atoms with Gasteiger partial charge < -0.3 is 11.1 Å². The van der Waals surface area contributed by atoms with E-state index in [0.29, 0.717) is 17.5 Å². The van der Waals surface area contributed by atoms with Gasteiger partial charge in [0.05, 0.1) is 10.4 Å². The number of carbonyl (C=O) groups is 1. The van der Waals surface area contributed by atoms with E-state index in [0.717, 1.165) is 12.8 Å². The van der Waals surface area contributed by atoms with Crippen molar-refractivity contribution in [3.05, 3.63) is 0 Å². The topological polar surface area (TPSA) is 55.1 Å². The molecular formula is C14H26N2OS. The van der Waals surface area contributed by atoms with E-state index in [1.165, 1.54) is 32.1 Å². The van der Waals surface area contributed by atoms with E-state index < -0.39 is 5.41 Å². The molecule has 104 valence electrons. The Labute approximate surface area is 116 Å². The molecule has 1 saturated carbocycles. The van der Waals surface area contributed by atoms with Gasteiger partial charge >= 0.3 is 0 Å². The monoisotopic (exact) mass is 270 g/mol. The molecular weight excluding hydrogens is 244 g/mol. The Balaban J connectivity index is 2.58. The summed E-state index contributed by atoms with van der Waals surface area (Å²) < 4.78 is 0. The van der Waals surface area contributed by atoms with Gasteiger partial charge in [0.2, 0.25) is 5.91 Å². The molecule has 1 unspecified atom stereocenters. The maximum atomic E-state index is 12.3. The molecule has 0 spiro atoms. The van der Waals surface area contributed by atoms with Gasteiger partial charge in [-0.3, -0.25) is 4.79 Å². The van der Waals surface area contributed by atoms with Crippen LogP contribution in [0.1, 0.15) is 65.2 Å². The third-order valence-electron chi connectivity index (χ3n) is 4.19. The maximum Gasteiger partial charge on any atom is 0.232 e. The molecule has 0 aliphatic heterocycles. The molecule has 0 aromatic carbocycles. The smallest absolute Gasteiger partial charge is 0.232 e. The first-order chi connectivity index (χ1) is 8.50. The number of amides is 1. The predicted molar refractivity (Wildman–Crippen MR) is 79.4 cm³/mol. The van der Waals surface area contributed by atoms with E-state index >= 15 is 0 Å². The van der Waals surface area contributed by atoms with Crippen LogP contribution < -0.4 is 11.1 Å². The highest BCUT2D eigenvalue weighted by Gasteiger charge is 2.35. The Bertz CT molecular complexity index is 298. The number of thiocarbonyl (C=S) groups is 1. The average molecular weight is 270 g/mol. The van der Waals surface area contributed by atoms with Crippen molar-refractivity contribution in [1.29, 1.82) is 0 Å². The van der Waals surface area contributed by atoms with Gasteiger partial charge in [-0.05, 0) is 26.2 Å². The second-order valence-corrected chi connectivity index (χ2v) is 6.01. The summed E-state index contributed by atoms with van der Waals surface area (Å²) in [6.45, 7) is 3.80. The zero-order valence-electron chi connectivity index (χ0n) is 11.6. The molecule has 0 saturated heterocycles. The molecule has 4 heteroatoms. The fourth-order valence-electron chi connectivity index (χ4n) is 2.39. The van der Waals surface area contributed by atoms with Crippen LogP contribution in [0.5, 0.6) is 0 Å².